The Bertz CT molecular complexity index is 1330. The average Bonchev–Trinajstić information content (AvgIpc) is 2.90. The first kappa shape index (κ1) is 22.8. The molecule has 1 amide bonds. The van der Waals surface area contributed by atoms with Gasteiger partial charge in [0.1, 0.15) is 5.75 Å². The van der Waals surface area contributed by atoms with Crippen LogP contribution in [0.25, 0.3) is 10.9 Å². The Balaban J connectivity index is 1.44. The van der Waals surface area contributed by atoms with Gasteiger partial charge in [0.25, 0.3) is 0 Å². The maximum Gasteiger partial charge on any atom is 0.236 e. The van der Waals surface area contributed by atoms with Gasteiger partial charge in [-0.2, -0.15) is 0 Å². The SMILES string of the molecule is COc1cccc(CN(Cc2ccc3cccnc3c2)c2ccnc(CN3CCNCC3=O)c2)c1. The zero-order valence-electron chi connectivity index (χ0n) is 19.9. The molecule has 0 bridgehead atoms. The summed E-state index contributed by atoms with van der Waals surface area (Å²) in [6.07, 6.45) is 3.66. The predicted molar refractivity (Wildman–Crippen MR) is 137 cm³/mol. The molecular formula is C28H29N5O2. The summed E-state index contributed by atoms with van der Waals surface area (Å²) in [5.74, 6) is 0.949. The summed E-state index contributed by atoms with van der Waals surface area (Å²) >= 11 is 0. The van der Waals surface area contributed by atoms with Crippen molar-refractivity contribution in [1.29, 1.82) is 0 Å². The number of anilines is 1. The number of nitrogens with one attached hydrogen (secondary N) is 1. The average molecular weight is 468 g/mol. The summed E-state index contributed by atoms with van der Waals surface area (Å²) in [7, 11) is 1.69. The fourth-order valence-corrected chi connectivity index (χ4v) is 4.42. The largest absolute Gasteiger partial charge is 0.497 e. The lowest BCUT2D eigenvalue weighted by atomic mass is 10.1. The molecule has 178 valence electrons. The van der Waals surface area contributed by atoms with Gasteiger partial charge in [0, 0.05) is 49.6 Å². The van der Waals surface area contributed by atoms with Crippen LogP contribution in [0, 0.1) is 0 Å². The molecule has 1 saturated heterocycles. The fourth-order valence-electron chi connectivity index (χ4n) is 4.42. The molecule has 4 aromatic rings. The van der Waals surface area contributed by atoms with E-state index in [1.54, 1.807) is 7.11 Å². The molecule has 35 heavy (non-hydrogen) atoms. The van der Waals surface area contributed by atoms with E-state index < -0.39 is 0 Å². The summed E-state index contributed by atoms with van der Waals surface area (Å²) in [5.41, 5.74) is 5.25. The van der Waals surface area contributed by atoms with Gasteiger partial charge in [-0.3, -0.25) is 14.8 Å². The number of amides is 1. The number of pyridine rings is 2. The molecule has 0 unspecified atom stereocenters. The highest BCUT2D eigenvalue weighted by atomic mass is 16.5. The van der Waals surface area contributed by atoms with Gasteiger partial charge in [-0.25, -0.2) is 0 Å². The van der Waals surface area contributed by atoms with Gasteiger partial charge in [-0.05, 0) is 47.5 Å². The molecule has 0 saturated carbocycles. The van der Waals surface area contributed by atoms with E-state index in [2.05, 4.69) is 62.6 Å². The lowest BCUT2D eigenvalue weighted by Gasteiger charge is -2.28. The van der Waals surface area contributed by atoms with Crippen molar-refractivity contribution in [2.24, 2.45) is 0 Å². The summed E-state index contributed by atoms with van der Waals surface area (Å²) in [6.45, 7) is 3.82. The number of benzene rings is 2. The molecule has 0 atom stereocenters. The second kappa shape index (κ2) is 10.5. The number of ether oxygens (including phenoxy) is 1. The number of methoxy groups -OCH3 is 1. The Morgan fingerprint density at radius 3 is 2.71 bits per heavy atom. The number of carbonyl (C=O) groups is 1. The van der Waals surface area contributed by atoms with Gasteiger partial charge in [-0.1, -0.05) is 30.3 Å². The molecule has 0 radical (unpaired) electrons. The van der Waals surface area contributed by atoms with Gasteiger partial charge >= 0.3 is 0 Å². The molecule has 5 rings (SSSR count). The minimum Gasteiger partial charge on any atom is -0.497 e. The third-order valence-electron chi connectivity index (χ3n) is 6.26. The van der Waals surface area contributed by atoms with Crippen molar-refractivity contribution in [1.82, 2.24) is 20.2 Å². The summed E-state index contributed by atoms with van der Waals surface area (Å²) in [4.78, 5) is 25.6. The van der Waals surface area contributed by atoms with Gasteiger partial charge in [0.2, 0.25) is 5.91 Å². The normalized spacial score (nSPS) is 13.7. The molecule has 1 N–H and O–H groups in total. The number of fused-ring (bicyclic) bond motifs is 1. The fraction of sp³-hybridized carbons (Fsp3) is 0.250. The van der Waals surface area contributed by atoms with Crippen molar-refractivity contribution in [3.63, 3.8) is 0 Å². The highest BCUT2D eigenvalue weighted by molar-refractivity contribution is 5.79. The molecule has 2 aromatic carbocycles. The number of rotatable bonds is 8. The number of piperazine rings is 1. The van der Waals surface area contributed by atoms with Crippen molar-refractivity contribution in [2.45, 2.75) is 19.6 Å². The van der Waals surface area contributed by atoms with Gasteiger partial charge in [-0.15, -0.1) is 0 Å². The van der Waals surface area contributed by atoms with E-state index in [4.69, 9.17) is 4.74 Å². The first-order chi connectivity index (χ1) is 17.2. The number of aromatic nitrogens is 2. The smallest absolute Gasteiger partial charge is 0.236 e. The Morgan fingerprint density at radius 2 is 1.86 bits per heavy atom. The summed E-state index contributed by atoms with van der Waals surface area (Å²) < 4.78 is 5.44. The van der Waals surface area contributed by atoms with Gasteiger partial charge in [0.15, 0.2) is 0 Å². The van der Waals surface area contributed by atoms with Crippen LogP contribution < -0.4 is 15.0 Å². The third-order valence-corrected chi connectivity index (χ3v) is 6.26. The zero-order chi connectivity index (χ0) is 24.0. The Kier molecular flexibility index (Phi) is 6.86. The Labute approximate surface area is 205 Å². The molecule has 1 fully saturated rings. The first-order valence-electron chi connectivity index (χ1n) is 11.8. The number of carbonyl (C=O) groups excluding carboxylic acids is 1. The molecule has 2 aromatic heterocycles. The van der Waals surface area contributed by atoms with Crippen LogP contribution in [0.4, 0.5) is 5.69 Å². The van der Waals surface area contributed by atoms with E-state index in [-0.39, 0.29) is 5.91 Å². The number of hydrogen-bond donors (Lipinski definition) is 1. The van der Waals surface area contributed by atoms with Crippen molar-refractivity contribution >= 4 is 22.5 Å². The van der Waals surface area contributed by atoms with Crippen LogP contribution in [0.15, 0.2) is 79.1 Å². The lowest BCUT2D eigenvalue weighted by Crippen LogP contribution is -2.47. The maximum absolute atomic E-state index is 12.3. The molecule has 0 spiro atoms. The molecule has 0 aliphatic carbocycles. The van der Waals surface area contributed by atoms with Crippen molar-refractivity contribution in [3.05, 3.63) is 95.9 Å². The Morgan fingerprint density at radius 1 is 0.971 bits per heavy atom. The van der Waals surface area contributed by atoms with Crippen molar-refractivity contribution < 1.29 is 9.53 Å². The van der Waals surface area contributed by atoms with Crippen LogP contribution in [0.3, 0.4) is 0 Å². The molecule has 3 heterocycles. The molecule has 7 nitrogen and oxygen atoms in total. The first-order valence-corrected chi connectivity index (χ1v) is 11.8. The number of hydrogen-bond acceptors (Lipinski definition) is 6. The van der Waals surface area contributed by atoms with Crippen LogP contribution in [-0.4, -0.2) is 47.5 Å². The van der Waals surface area contributed by atoms with Crippen LogP contribution in [-0.2, 0) is 24.4 Å². The van der Waals surface area contributed by atoms with Crippen LogP contribution in [0.2, 0.25) is 0 Å². The molecule has 1 aliphatic heterocycles. The highest BCUT2D eigenvalue weighted by Gasteiger charge is 2.19. The molecular weight excluding hydrogens is 438 g/mol. The third kappa shape index (κ3) is 5.58. The standard InChI is InChI=1S/C28H29N5O2/c1-35-26-6-2-4-21(14-26)18-33(19-22-7-8-23-5-3-10-31-27(23)15-22)25-9-11-30-24(16-25)20-32-13-12-29-17-28(32)34/h2-11,14-16,29H,12-13,17-20H2,1H3. The summed E-state index contributed by atoms with van der Waals surface area (Å²) in [6, 6.07) is 22.7. The second-order valence-corrected chi connectivity index (χ2v) is 8.74. The minimum atomic E-state index is 0.111. The van der Waals surface area contributed by atoms with Crippen LogP contribution in [0.1, 0.15) is 16.8 Å². The maximum atomic E-state index is 12.3. The summed E-state index contributed by atoms with van der Waals surface area (Å²) in [5, 5.41) is 4.25. The van der Waals surface area contributed by atoms with Crippen LogP contribution in [0.5, 0.6) is 5.75 Å². The minimum absolute atomic E-state index is 0.111. The van der Waals surface area contributed by atoms with Crippen molar-refractivity contribution in [2.75, 3.05) is 31.6 Å². The lowest BCUT2D eigenvalue weighted by molar-refractivity contribution is -0.132. The Hall–Kier alpha value is -3.97. The highest BCUT2D eigenvalue weighted by Crippen LogP contribution is 2.24. The van der Waals surface area contributed by atoms with E-state index in [1.165, 1.54) is 5.56 Å². The van der Waals surface area contributed by atoms with E-state index in [0.717, 1.165) is 40.1 Å². The van der Waals surface area contributed by atoms with E-state index in [9.17, 15) is 4.79 Å². The zero-order valence-corrected chi connectivity index (χ0v) is 19.9. The van der Waals surface area contributed by atoms with Gasteiger partial charge in [0.05, 0.1) is 31.4 Å². The molecule has 7 heteroatoms. The number of nitrogens with zero attached hydrogens (tertiary/aromatic N) is 4. The monoisotopic (exact) mass is 467 g/mol. The molecule has 1 aliphatic rings. The quantitative estimate of drug-likeness (QED) is 0.425. The topological polar surface area (TPSA) is 70.6 Å². The van der Waals surface area contributed by atoms with Crippen molar-refractivity contribution in [3.8, 4) is 5.75 Å². The second-order valence-electron chi connectivity index (χ2n) is 8.74. The van der Waals surface area contributed by atoms with Crippen LogP contribution >= 0.6 is 0 Å². The van der Waals surface area contributed by atoms with E-state index in [0.29, 0.717) is 32.7 Å². The predicted octanol–water partition coefficient (Wildman–Crippen LogP) is 3.78. The van der Waals surface area contributed by atoms with E-state index >= 15 is 0 Å². The van der Waals surface area contributed by atoms with Gasteiger partial charge < -0.3 is 19.9 Å². The van der Waals surface area contributed by atoms with E-state index in [1.807, 2.05) is 41.6 Å².